The Morgan fingerprint density at radius 2 is 1.53 bits per heavy atom. The van der Waals surface area contributed by atoms with E-state index in [0.717, 1.165) is 11.8 Å². The van der Waals surface area contributed by atoms with E-state index in [9.17, 15) is 0 Å². The molecule has 0 amide bonds. The average molecular weight is 210 g/mol. The first-order valence-electron chi connectivity index (χ1n) is 6.77. The van der Waals surface area contributed by atoms with Crippen molar-refractivity contribution in [3.8, 4) is 0 Å². The van der Waals surface area contributed by atoms with Crippen molar-refractivity contribution in [1.29, 1.82) is 0 Å². The summed E-state index contributed by atoms with van der Waals surface area (Å²) < 4.78 is 0. The molecule has 1 atom stereocenters. The molecule has 0 aliphatic carbocycles. The topological polar surface area (TPSA) is 0 Å². The Labute approximate surface area is 97.2 Å². The van der Waals surface area contributed by atoms with E-state index in [1.807, 2.05) is 6.08 Å². The Hall–Kier alpha value is -0.260. The van der Waals surface area contributed by atoms with Crippen molar-refractivity contribution in [2.45, 2.75) is 72.1 Å². The second kappa shape index (κ2) is 10.3. The minimum atomic E-state index is 0.879. The zero-order chi connectivity index (χ0) is 11.5. The molecule has 0 aliphatic rings. The first-order valence-corrected chi connectivity index (χ1v) is 6.77. The van der Waals surface area contributed by atoms with Gasteiger partial charge in [-0.05, 0) is 24.7 Å². The van der Waals surface area contributed by atoms with E-state index in [4.69, 9.17) is 0 Å². The maximum atomic E-state index is 3.75. The summed E-state index contributed by atoms with van der Waals surface area (Å²) in [6.07, 6.45) is 13.1. The lowest BCUT2D eigenvalue weighted by molar-refractivity contribution is 0.420. The molecule has 0 nitrogen and oxygen atoms in total. The minimum Gasteiger partial charge on any atom is -0.103 e. The van der Waals surface area contributed by atoms with E-state index < -0.39 is 0 Å². The number of unbranched alkanes of at least 4 members (excludes halogenated alkanes) is 3. The molecule has 0 radical (unpaired) electrons. The summed E-state index contributed by atoms with van der Waals surface area (Å²) >= 11 is 0. The van der Waals surface area contributed by atoms with Gasteiger partial charge in [0.2, 0.25) is 0 Å². The normalized spacial score (nSPS) is 13.1. The van der Waals surface area contributed by atoms with Crippen molar-refractivity contribution >= 4 is 0 Å². The van der Waals surface area contributed by atoms with Gasteiger partial charge in [0.05, 0.1) is 0 Å². The molecule has 0 aliphatic heterocycles. The molecule has 0 N–H and O–H groups in total. The molecule has 90 valence electrons. The van der Waals surface area contributed by atoms with E-state index in [1.165, 1.54) is 51.4 Å². The third-order valence-electron chi connectivity index (χ3n) is 3.08. The molecule has 0 aromatic carbocycles. The van der Waals surface area contributed by atoms with Gasteiger partial charge >= 0.3 is 0 Å². The quantitative estimate of drug-likeness (QED) is 0.326. The van der Waals surface area contributed by atoms with Crippen molar-refractivity contribution in [2.24, 2.45) is 11.8 Å². The molecule has 0 aromatic heterocycles. The Morgan fingerprint density at radius 1 is 0.867 bits per heavy atom. The van der Waals surface area contributed by atoms with Crippen molar-refractivity contribution in [2.75, 3.05) is 0 Å². The smallest absolute Gasteiger partial charge is 0.0353 e. The molecule has 0 aromatic rings. The van der Waals surface area contributed by atoms with Crippen LogP contribution in [0.1, 0.15) is 72.1 Å². The van der Waals surface area contributed by atoms with Gasteiger partial charge in [-0.25, -0.2) is 0 Å². The van der Waals surface area contributed by atoms with Crippen LogP contribution in [0.4, 0.5) is 0 Å². The number of allylic oxidation sites excluding steroid dienone is 1. The van der Waals surface area contributed by atoms with Gasteiger partial charge in [-0.15, -0.1) is 6.58 Å². The van der Waals surface area contributed by atoms with Crippen LogP contribution in [-0.4, -0.2) is 0 Å². The number of rotatable bonds is 10. The summed E-state index contributed by atoms with van der Waals surface area (Å²) in [4.78, 5) is 0. The molecule has 0 spiro atoms. The van der Waals surface area contributed by atoms with Crippen molar-refractivity contribution in [3.05, 3.63) is 12.7 Å². The highest BCUT2D eigenvalue weighted by molar-refractivity contribution is 4.65. The average Bonchev–Trinajstić information content (AvgIpc) is 2.17. The first kappa shape index (κ1) is 14.7. The molecule has 0 saturated heterocycles. The summed E-state index contributed by atoms with van der Waals surface area (Å²) in [5.41, 5.74) is 0. The summed E-state index contributed by atoms with van der Waals surface area (Å²) in [5, 5.41) is 0. The third-order valence-corrected chi connectivity index (χ3v) is 3.08. The summed E-state index contributed by atoms with van der Waals surface area (Å²) in [5.74, 6) is 1.82. The van der Waals surface area contributed by atoms with E-state index in [2.05, 4.69) is 27.4 Å². The summed E-state index contributed by atoms with van der Waals surface area (Å²) in [7, 11) is 0. The van der Waals surface area contributed by atoms with Gasteiger partial charge in [-0.2, -0.15) is 0 Å². The number of hydrogen-bond donors (Lipinski definition) is 0. The second-order valence-corrected chi connectivity index (χ2v) is 5.36. The molecular formula is C15H30. The van der Waals surface area contributed by atoms with Crippen LogP contribution in [0.15, 0.2) is 12.7 Å². The molecule has 0 fully saturated rings. The van der Waals surface area contributed by atoms with Gasteiger partial charge in [0.15, 0.2) is 0 Å². The molecule has 15 heavy (non-hydrogen) atoms. The van der Waals surface area contributed by atoms with Gasteiger partial charge in [0.1, 0.15) is 0 Å². The lowest BCUT2D eigenvalue weighted by Gasteiger charge is -2.11. The molecular weight excluding hydrogens is 180 g/mol. The SMILES string of the molecule is C=CCCCCCC(C)CCCC(C)C. The molecule has 0 heteroatoms. The third kappa shape index (κ3) is 11.7. The van der Waals surface area contributed by atoms with Crippen LogP contribution in [-0.2, 0) is 0 Å². The molecule has 0 heterocycles. The lowest BCUT2D eigenvalue weighted by Crippen LogP contribution is -1.96. The highest BCUT2D eigenvalue weighted by Crippen LogP contribution is 2.18. The van der Waals surface area contributed by atoms with Crippen LogP contribution in [0, 0.1) is 11.8 Å². The highest BCUT2D eigenvalue weighted by atomic mass is 14.1. The standard InChI is InChI=1S/C15H30/c1-5-6-7-8-9-12-15(4)13-10-11-14(2)3/h5,14-15H,1,6-13H2,2-4H3. The van der Waals surface area contributed by atoms with E-state index >= 15 is 0 Å². The van der Waals surface area contributed by atoms with Crippen molar-refractivity contribution < 1.29 is 0 Å². The van der Waals surface area contributed by atoms with Crippen molar-refractivity contribution in [3.63, 3.8) is 0 Å². The van der Waals surface area contributed by atoms with E-state index in [1.54, 1.807) is 0 Å². The van der Waals surface area contributed by atoms with Gasteiger partial charge < -0.3 is 0 Å². The van der Waals surface area contributed by atoms with E-state index in [-0.39, 0.29) is 0 Å². The predicted molar refractivity (Wildman–Crippen MR) is 71.1 cm³/mol. The van der Waals surface area contributed by atoms with Crippen LogP contribution in [0.5, 0.6) is 0 Å². The van der Waals surface area contributed by atoms with Crippen LogP contribution < -0.4 is 0 Å². The van der Waals surface area contributed by atoms with Gasteiger partial charge in [-0.1, -0.05) is 65.4 Å². The molecule has 0 bridgehead atoms. The Balaban J connectivity index is 3.18. The maximum Gasteiger partial charge on any atom is -0.0353 e. The van der Waals surface area contributed by atoms with E-state index in [0.29, 0.717) is 0 Å². The largest absolute Gasteiger partial charge is 0.103 e. The van der Waals surface area contributed by atoms with Gasteiger partial charge in [0.25, 0.3) is 0 Å². The highest BCUT2D eigenvalue weighted by Gasteiger charge is 2.02. The summed E-state index contributed by atoms with van der Waals surface area (Å²) in [6.45, 7) is 10.8. The van der Waals surface area contributed by atoms with Crippen LogP contribution >= 0.6 is 0 Å². The maximum absolute atomic E-state index is 3.75. The minimum absolute atomic E-state index is 0.879. The number of hydrogen-bond acceptors (Lipinski definition) is 0. The first-order chi connectivity index (χ1) is 7.16. The van der Waals surface area contributed by atoms with Crippen LogP contribution in [0.3, 0.4) is 0 Å². The monoisotopic (exact) mass is 210 g/mol. The Kier molecular flexibility index (Phi) is 10.1. The lowest BCUT2D eigenvalue weighted by atomic mass is 9.95. The Morgan fingerprint density at radius 3 is 2.13 bits per heavy atom. The molecule has 0 saturated carbocycles. The predicted octanol–water partition coefficient (Wildman–Crippen LogP) is 5.59. The molecule has 0 rings (SSSR count). The van der Waals surface area contributed by atoms with Gasteiger partial charge in [0, 0.05) is 0 Å². The molecule has 1 unspecified atom stereocenters. The fourth-order valence-electron chi connectivity index (χ4n) is 1.98. The zero-order valence-corrected chi connectivity index (χ0v) is 11.1. The van der Waals surface area contributed by atoms with Crippen LogP contribution in [0.25, 0.3) is 0 Å². The fraction of sp³-hybridized carbons (Fsp3) is 0.867. The fourth-order valence-corrected chi connectivity index (χ4v) is 1.98. The van der Waals surface area contributed by atoms with Crippen molar-refractivity contribution in [1.82, 2.24) is 0 Å². The Bertz CT molecular complexity index is 135. The zero-order valence-electron chi connectivity index (χ0n) is 11.1. The second-order valence-electron chi connectivity index (χ2n) is 5.36. The summed E-state index contributed by atoms with van der Waals surface area (Å²) in [6, 6.07) is 0. The van der Waals surface area contributed by atoms with Gasteiger partial charge in [-0.3, -0.25) is 0 Å². The van der Waals surface area contributed by atoms with Crippen LogP contribution in [0.2, 0.25) is 0 Å².